The zero-order valence-electron chi connectivity index (χ0n) is 18.0. The van der Waals surface area contributed by atoms with Crippen LogP contribution in [0.25, 0.3) is 0 Å². The van der Waals surface area contributed by atoms with Gasteiger partial charge in [-0.2, -0.15) is 0 Å². The molecule has 1 heterocycles. The van der Waals surface area contributed by atoms with Crippen LogP contribution in [0.5, 0.6) is 0 Å². The van der Waals surface area contributed by atoms with Gasteiger partial charge in [-0.3, -0.25) is 19.3 Å². The van der Waals surface area contributed by atoms with Crippen LogP contribution in [0.1, 0.15) is 67.7 Å². The Bertz CT molecular complexity index is 815. The van der Waals surface area contributed by atoms with E-state index in [2.05, 4.69) is 19.2 Å². The predicted molar refractivity (Wildman–Crippen MR) is 111 cm³/mol. The summed E-state index contributed by atoms with van der Waals surface area (Å²) in [5.41, 5.74) is 0.554. The molecule has 7 heteroatoms. The molecule has 1 aliphatic heterocycles. The summed E-state index contributed by atoms with van der Waals surface area (Å²) >= 11 is 0. The van der Waals surface area contributed by atoms with Crippen LogP contribution in [-0.4, -0.2) is 47.3 Å². The maximum absolute atomic E-state index is 12.8. The fraction of sp³-hybridized carbons (Fsp3) is 0.565. The number of ether oxygens (including phenoxy) is 1. The van der Waals surface area contributed by atoms with Crippen molar-refractivity contribution in [1.82, 2.24) is 10.2 Å². The van der Waals surface area contributed by atoms with Gasteiger partial charge in [0.05, 0.1) is 11.1 Å². The van der Waals surface area contributed by atoms with Crippen molar-refractivity contribution in [2.45, 2.75) is 59.0 Å². The molecule has 1 aromatic carbocycles. The van der Waals surface area contributed by atoms with Crippen molar-refractivity contribution in [3.63, 3.8) is 0 Å². The van der Waals surface area contributed by atoms with E-state index in [0.29, 0.717) is 11.8 Å². The van der Waals surface area contributed by atoms with E-state index in [1.165, 1.54) is 0 Å². The second-order valence-corrected chi connectivity index (χ2v) is 8.76. The molecule has 30 heavy (non-hydrogen) atoms. The number of fused-ring (bicyclic) bond motifs is 1. The molecule has 1 aromatic rings. The second kappa shape index (κ2) is 8.98. The smallest absolute Gasteiger partial charge is 0.330 e. The molecule has 0 radical (unpaired) electrons. The van der Waals surface area contributed by atoms with Crippen molar-refractivity contribution >= 4 is 23.7 Å². The van der Waals surface area contributed by atoms with Crippen LogP contribution in [0.4, 0.5) is 0 Å². The first-order valence-electron chi connectivity index (χ1n) is 10.6. The molecule has 0 saturated heterocycles. The number of carbonyl (C=O) groups excluding carboxylic acids is 4. The predicted octanol–water partition coefficient (Wildman–Crippen LogP) is 2.79. The maximum Gasteiger partial charge on any atom is 0.330 e. The van der Waals surface area contributed by atoms with Gasteiger partial charge in [-0.05, 0) is 36.3 Å². The lowest BCUT2D eigenvalue weighted by Gasteiger charge is -2.34. The average molecular weight is 415 g/mol. The summed E-state index contributed by atoms with van der Waals surface area (Å²) in [6.07, 6.45) is 3.12. The van der Waals surface area contributed by atoms with Crippen LogP contribution in [-0.2, 0) is 14.3 Å². The van der Waals surface area contributed by atoms with Crippen molar-refractivity contribution in [3.8, 4) is 0 Å². The first-order chi connectivity index (χ1) is 14.2. The van der Waals surface area contributed by atoms with E-state index in [1.54, 1.807) is 38.1 Å². The monoisotopic (exact) mass is 414 g/mol. The number of rotatable bonds is 6. The molecule has 0 spiro atoms. The summed E-state index contributed by atoms with van der Waals surface area (Å²) in [5.74, 6) is -1.60. The van der Waals surface area contributed by atoms with Gasteiger partial charge >= 0.3 is 5.97 Å². The summed E-state index contributed by atoms with van der Waals surface area (Å²) in [7, 11) is 0. The zero-order valence-corrected chi connectivity index (χ0v) is 18.0. The number of imide groups is 1. The standard InChI is InChI=1S/C23H30N2O5/c1-13(2)20(25-21(27)16-9-5-6-10-17(16)22(25)28)23(29)30-12-19(26)24-18-11-7-8-14(3)15(18)4/h5-6,9-10,13-15,18,20H,7-8,11-12H2,1-4H3,(H,24,26)/t14-,15+,18+,20-/m0/s1. The van der Waals surface area contributed by atoms with Gasteiger partial charge in [-0.1, -0.05) is 52.7 Å². The normalized spacial score (nSPS) is 24.6. The highest BCUT2D eigenvalue weighted by atomic mass is 16.5. The Kier molecular flexibility index (Phi) is 6.58. The number of amides is 3. The summed E-state index contributed by atoms with van der Waals surface area (Å²) in [4.78, 5) is 51.6. The third kappa shape index (κ3) is 4.25. The van der Waals surface area contributed by atoms with Crippen LogP contribution in [0.3, 0.4) is 0 Å². The molecular formula is C23H30N2O5. The minimum absolute atomic E-state index is 0.0667. The molecule has 3 rings (SSSR count). The topological polar surface area (TPSA) is 92.8 Å². The summed E-state index contributed by atoms with van der Waals surface area (Å²) < 4.78 is 5.24. The Balaban J connectivity index is 1.63. The average Bonchev–Trinajstić information content (AvgIpc) is 2.95. The van der Waals surface area contributed by atoms with E-state index in [-0.39, 0.29) is 29.0 Å². The molecule has 2 aliphatic rings. The van der Waals surface area contributed by atoms with Crippen LogP contribution in [0.15, 0.2) is 24.3 Å². The lowest BCUT2D eigenvalue weighted by molar-refractivity contribution is -0.154. The van der Waals surface area contributed by atoms with Gasteiger partial charge in [0.25, 0.3) is 17.7 Å². The number of benzene rings is 1. The molecule has 1 saturated carbocycles. The van der Waals surface area contributed by atoms with Gasteiger partial charge in [-0.25, -0.2) is 4.79 Å². The van der Waals surface area contributed by atoms with Crippen LogP contribution in [0, 0.1) is 17.8 Å². The van der Waals surface area contributed by atoms with Gasteiger partial charge < -0.3 is 10.1 Å². The molecule has 1 fully saturated rings. The Hall–Kier alpha value is -2.70. The molecule has 0 bridgehead atoms. The molecule has 7 nitrogen and oxygen atoms in total. The highest BCUT2D eigenvalue weighted by Gasteiger charge is 2.44. The number of nitrogens with zero attached hydrogens (tertiary/aromatic N) is 1. The van der Waals surface area contributed by atoms with Crippen molar-refractivity contribution in [3.05, 3.63) is 35.4 Å². The van der Waals surface area contributed by atoms with Gasteiger partial charge in [-0.15, -0.1) is 0 Å². The Morgan fingerprint density at radius 3 is 2.27 bits per heavy atom. The van der Waals surface area contributed by atoms with E-state index in [4.69, 9.17) is 4.74 Å². The molecule has 0 unspecified atom stereocenters. The lowest BCUT2D eigenvalue weighted by Crippen LogP contribution is -2.50. The number of carbonyl (C=O) groups is 4. The Morgan fingerprint density at radius 1 is 1.10 bits per heavy atom. The van der Waals surface area contributed by atoms with Crippen molar-refractivity contribution in [1.29, 1.82) is 0 Å². The molecule has 1 N–H and O–H groups in total. The van der Waals surface area contributed by atoms with Crippen LogP contribution in [0.2, 0.25) is 0 Å². The number of hydrogen-bond acceptors (Lipinski definition) is 5. The quantitative estimate of drug-likeness (QED) is 0.571. The van der Waals surface area contributed by atoms with Gasteiger partial charge in [0.2, 0.25) is 0 Å². The molecule has 4 atom stereocenters. The Labute approximate surface area is 177 Å². The second-order valence-electron chi connectivity index (χ2n) is 8.76. The number of nitrogens with one attached hydrogen (secondary N) is 1. The first-order valence-corrected chi connectivity index (χ1v) is 10.6. The van der Waals surface area contributed by atoms with Gasteiger partial charge in [0, 0.05) is 6.04 Å². The molecule has 0 aromatic heterocycles. The molecule has 162 valence electrons. The molecule has 3 amide bonds. The van der Waals surface area contributed by atoms with E-state index < -0.39 is 30.4 Å². The van der Waals surface area contributed by atoms with E-state index in [1.807, 2.05) is 0 Å². The fourth-order valence-electron chi connectivity index (χ4n) is 4.39. The molecule has 1 aliphatic carbocycles. The van der Waals surface area contributed by atoms with Crippen molar-refractivity contribution in [2.24, 2.45) is 17.8 Å². The maximum atomic E-state index is 12.8. The fourth-order valence-corrected chi connectivity index (χ4v) is 4.39. The third-order valence-corrected chi connectivity index (χ3v) is 6.38. The van der Waals surface area contributed by atoms with Gasteiger partial charge in [0.1, 0.15) is 6.04 Å². The largest absolute Gasteiger partial charge is 0.454 e. The summed E-state index contributed by atoms with van der Waals surface area (Å²) in [6, 6.07) is 5.47. The van der Waals surface area contributed by atoms with Crippen molar-refractivity contribution < 1.29 is 23.9 Å². The third-order valence-electron chi connectivity index (χ3n) is 6.38. The number of hydrogen-bond donors (Lipinski definition) is 1. The number of esters is 1. The summed E-state index contributed by atoms with van der Waals surface area (Å²) in [6.45, 7) is 7.35. The minimum atomic E-state index is -1.08. The van der Waals surface area contributed by atoms with E-state index in [9.17, 15) is 19.2 Å². The Morgan fingerprint density at radius 2 is 1.70 bits per heavy atom. The summed E-state index contributed by atoms with van der Waals surface area (Å²) in [5, 5.41) is 2.96. The molecular weight excluding hydrogens is 384 g/mol. The van der Waals surface area contributed by atoms with Crippen LogP contribution >= 0.6 is 0 Å². The van der Waals surface area contributed by atoms with E-state index in [0.717, 1.165) is 24.2 Å². The SMILES string of the molecule is CC(C)[C@@H](C(=O)OCC(=O)N[C@@H]1CCC[C@H](C)[C@H]1C)N1C(=O)c2ccccc2C1=O. The van der Waals surface area contributed by atoms with Crippen LogP contribution < -0.4 is 5.32 Å². The first kappa shape index (κ1) is 22.0. The van der Waals surface area contributed by atoms with Crippen molar-refractivity contribution in [2.75, 3.05) is 6.61 Å². The van der Waals surface area contributed by atoms with E-state index >= 15 is 0 Å². The highest BCUT2D eigenvalue weighted by molar-refractivity contribution is 6.22. The highest BCUT2D eigenvalue weighted by Crippen LogP contribution is 2.30. The minimum Gasteiger partial charge on any atom is -0.454 e. The van der Waals surface area contributed by atoms with Gasteiger partial charge in [0.15, 0.2) is 6.61 Å². The zero-order chi connectivity index (χ0) is 22.0. The lowest BCUT2D eigenvalue weighted by atomic mass is 9.78.